The zero-order valence-corrected chi connectivity index (χ0v) is 17.5. The molecule has 0 fully saturated rings. The number of aliphatic hydroxyl groups is 1. The monoisotopic (exact) mass is 415 g/mol. The Morgan fingerprint density at radius 2 is 1.80 bits per heavy atom. The van der Waals surface area contributed by atoms with E-state index in [1.165, 1.54) is 11.3 Å². The summed E-state index contributed by atoms with van der Waals surface area (Å²) in [4.78, 5) is 22.8. The van der Waals surface area contributed by atoms with Gasteiger partial charge in [-0.05, 0) is 50.2 Å². The zero-order chi connectivity index (χ0) is 21.1. The normalized spacial score (nSPS) is 11.3. The summed E-state index contributed by atoms with van der Waals surface area (Å²) in [5.74, 6) is 0.266. The van der Waals surface area contributed by atoms with E-state index in [1.54, 1.807) is 44.4 Å². The van der Waals surface area contributed by atoms with Gasteiger partial charge in [0.05, 0.1) is 5.60 Å². The molecular formula is C24H21N3O2S. The van der Waals surface area contributed by atoms with Crippen LogP contribution in [0.1, 0.15) is 29.1 Å². The number of hydrogen-bond donors (Lipinski definition) is 2. The van der Waals surface area contributed by atoms with Crippen LogP contribution in [0, 0.1) is 0 Å². The summed E-state index contributed by atoms with van der Waals surface area (Å²) < 4.78 is 0. The molecule has 0 spiro atoms. The summed E-state index contributed by atoms with van der Waals surface area (Å²) in [7, 11) is 0. The number of benzene rings is 1. The highest BCUT2D eigenvalue weighted by Crippen LogP contribution is 2.42. The Kier molecular flexibility index (Phi) is 5.44. The van der Waals surface area contributed by atoms with E-state index < -0.39 is 5.60 Å². The smallest absolute Gasteiger partial charge is 0.256 e. The first-order valence-corrected chi connectivity index (χ1v) is 10.3. The Morgan fingerprint density at radius 3 is 2.43 bits per heavy atom. The van der Waals surface area contributed by atoms with Gasteiger partial charge < -0.3 is 10.4 Å². The highest BCUT2D eigenvalue weighted by molar-refractivity contribution is 7.16. The molecular weight excluding hydrogens is 394 g/mol. The van der Waals surface area contributed by atoms with E-state index in [-0.39, 0.29) is 5.91 Å². The molecule has 0 unspecified atom stereocenters. The number of amides is 1. The standard InChI is InChI=1S/C24H21N3O2S/c1-24(2,29)22-19(13-20(30-22)18-9-6-12-25-14-18)17-10-11-21(26-15-17)27-23(28)16-7-4-3-5-8-16/h3-15,29H,1-2H3,(H,26,27,28). The second-order valence-corrected chi connectivity index (χ2v) is 8.46. The Bertz CT molecular complexity index is 1150. The Labute approximate surface area is 179 Å². The Balaban J connectivity index is 1.64. The molecule has 150 valence electrons. The minimum atomic E-state index is -0.999. The van der Waals surface area contributed by atoms with Crippen LogP contribution in [0.4, 0.5) is 5.82 Å². The summed E-state index contributed by atoms with van der Waals surface area (Å²) in [5, 5.41) is 13.5. The minimum Gasteiger partial charge on any atom is -0.385 e. The molecule has 0 aliphatic carbocycles. The molecule has 1 aromatic carbocycles. The van der Waals surface area contributed by atoms with Crippen LogP contribution in [0.25, 0.3) is 21.6 Å². The van der Waals surface area contributed by atoms with Crippen molar-refractivity contribution < 1.29 is 9.90 Å². The quantitative estimate of drug-likeness (QED) is 0.461. The molecule has 3 aromatic heterocycles. The third kappa shape index (κ3) is 4.30. The average Bonchev–Trinajstić information content (AvgIpc) is 3.22. The van der Waals surface area contributed by atoms with Gasteiger partial charge in [0.2, 0.25) is 0 Å². The molecule has 4 aromatic rings. The van der Waals surface area contributed by atoms with Crippen LogP contribution in [0.5, 0.6) is 0 Å². The van der Waals surface area contributed by atoms with Crippen molar-refractivity contribution in [1.29, 1.82) is 0 Å². The lowest BCUT2D eigenvalue weighted by Crippen LogP contribution is -2.14. The highest BCUT2D eigenvalue weighted by Gasteiger charge is 2.25. The van der Waals surface area contributed by atoms with E-state index in [0.29, 0.717) is 11.4 Å². The van der Waals surface area contributed by atoms with Crippen LogP contribution in [-0.4, -0.2) is 21.0 Å². The SMILES string of the molecule is CC(C)(O)c1sc(-c2cccnc2)cc1-c1ccc(NC(=O)c2ccccc2)nc1. The average molecular weight is 416 g/mol. The van der Waals surface area contributed by atoms with Crippen LogP contribution < -0.4 is 5.32 Å². The van der Waals surface area contributed by atoms with Gasteiger partial charge in [0.25, 0.3) is 5.91 Å². The van der Waals surface area contributed by atoms with Crippen LogP contribution in [0.2, 0.25) is 0 Å². The topological polar surface area (TPSA) is 75.1 Å². The van der Waals surface area contributed by atoms with Gasteiger partial charge in [0.15, 0.2) is 0 Å². The van der Waals surface area contributed by atoms with E-state index in [9.17, 15) is 9.90 Å². The van der Waals surface area contributed by atoms with Crippen LogP contribution in [0.3, 0.4) is 0 Å². The highest BCUT2D eigenvalue weighted by atomic mass is 32.1. The largest absolute Gasteiger partial charge is 0.385 e. The molecule has 3 heterocycles. The summed E-state index contributed by atoms with van der Waals surface area (Å²) in [6.45, 7) is 3.55. The molecule has 0 atom stereocenters. The first kappa shape index (κ1) is 19.9. The lowest BCUT2D eigenvalue weighted by molar-refractivity contribution is 0.0831. The van der Waals surface area contributed by atoms with Gasteiger partial charge in [-0.1, -0.05) is 24.3 Å². The fourth-order valence-corrected chi connectivity index (χ4v) is 4.29. The molecule has 0 radical (unpaired) electrons. The molecule has 6 heteroatoms. The number of carbonyl (C=O) groups is 1. The van der Waals surface area contributed by atoms with Gasteiger partial charge >= 0.3 is 0 Å². The first-order valence-electron chi connectivity index (χ1n) is 9.52. The zero-order valence-electron chi connectivity index (χ0n) is 16.7. The molecule has 0 saturated carbocycles. The number of anilines is 1. The summed E-state index contributed by atoms with van der Waals surface area (Å²) in [6.07, 6.45) is 5.26. The molecule has 30 heavy (non-hydrogen) atoms. The van der Waals surface area contributed by atoms with Gasteiger partial charge in [0.1, 0.15) is 5.82 Å². The maximum absolute atomic E-state index is 12.3. The van der Waals surface area contributed by atoms with E-state index in [0.717, 1.165) is 26.4 Å². The van der Waals surface area contributed by atoms with E-state index in [1.807, 2.05) is 48.7 Å². The summed E-state index contributed by atoms with van der Waals surface area (Å²) in [6, 6.07) is 18.6. The van der Waals surface area contributed by atoms with Crippen LogP contribution in [0.15, 0.2) is 79.3 Å². The van der Waals surface area contributed by atoms with E-state index in [2.05, 4.69) is 15.3 Å². The predicted octanol–water partition coefficient (Wildman–Crippen LogP) is 5.35. The number of hydrogen-bond acceptors (Lipinski definition) is 5. The fourth-order valence-electron chi connectivity index (χ4n) is 3.12. The number of aromatic nitrogens is 2. The van der Waals surface area contributed by atoms with Crippen molar-refractivity contribution in [3.63, 3.8) is 0 Å². The number of nitrogens with one attached hydrogen (secondary N) is 1. The van der Waals surface area contributed by atoms with Crippen molar-refractivity contribution in [1.82, 2.24) is 9.97 Å². The van der Waals surface area contributed by atoms with Crippen molar-refractivity contribution >= 4 is 23.1 Å². The maximum atomic E-state index is 12.3. The minimum absolute atomic E-state index is 0.206. The second kappa shape index (κ2) is 8.18. The van der Waals surface area contributed by atoms with E-state index in [4.69, 9.17) is 0 Å². The van der Waals surface area contributed by atoms with Gasteiger partial charge in [-0.3, -0.25) is 9.78 Å². The van der Waals surface area contributed by atoms with Crippen molar-refractivity contribution in [3.8, 4) is 21.6 Å². The molecule has 0 saturated heterocycles. The third-order valence-corrected chi connectivity index (χ3v) is 6.08. The molecule has 1 amide bonds. The molecule has 0 aliphatic rings. The van der Waals surface area contributed by atoms with Crippen LogP contribution in [-0.2, 0) is 5.60 Å². The Hall–Kier alpha value is -3.35. The number of rotatable bonds is 5. The fraction of sp³-hybridized carbons (Fsp3) is 0.125. The van der Waals surface area contributed by atoms with Crippen molar-refractivity contribution in [3.05, 3.63) is 89.7 Å². The van der Waals surface area contributed by atoms with Gasteiger partial charge in [0, 0.05) is 50.6 Å². The van der Waals surface area contributed by atoms with Crippen molar-refractivity contribution in [2.24, 2.45) is 0 Å². The predicted molar refractivity (Wildman–Crippen MR) is 120 cm³/mol. The third-order valence-electron chi connectivity index (χ3n) is 4.59. The van der Waals surface area contributed by atoms with Crippen molar-refractivity contribution in [2.45, 2.75) is 19.4 Å². The van der Waals surface area contributed by atoms with Gasteiger partial charge in [-0.2, -0.15) is 0 Å². The number of nitrogens with zero attached hydrogens (tertiary/aromatic N) is 2. The molecule has 0 aliphatic heterocycles. The number of pyridine rings is 2. The molecule has 4 rings (SSSR count). The first-order chi connectivity index (χ1) is 14.4. The lowest BCUT2D eigenvalue weighted by atomic mass is 9.98. The second-order valence-electron chi connectivity index (χ2n) is 7.41. The summed E-state index contributed by atoms with van der Waals surface area (Å²) in [5.41, 5.74) is 2.36. The Morgan fingerprint density at radius 1 is 1.00 bits per heavy atom. The van der Waals surface area contributed by atoms with E-state index >= 15 is 0 Å². The summed E-state index contributed by atoms with van der Waals surface area (Å²) >= 11 is 1.54. The van der Waals surface area contributed by atoms with Crippen LogP contribution >= 0.6 is 11.3 Å². The lowest BCUT2D eigenvalue weighted by Gasteiger charge is -2.17. The molecule has 0 bridgehead atoms. The van der Waals surface area contributed by atoms with Gasteiger partial charge in [-0.25, -0.2) is 4.98 Å². The number of thiophene rings is 1. The molecule has 5 nitrogen and oxygen atoms in total. The molecule has 2 N–H and O–H groups in total. The van der Waals surface area contributed by atoms with Crippen molar-refractivity contribution in [2.75, 3.05) is 5.32 Å². The number of carbonyl (C=O) groups excluding carboxylic acids is 1. The van der Waals surface area contributed by atoms with Gasteiger partial charge in [-0.15, -0.1) is 11.3 Å². The maximum Gasteiger partial charge on any atom is 0.256 e.